The van der Waals surface area contributed by atoms with E-state index in [-0.39, 0.29) is 11.7 Å². The quantitative estimate of drug-likeness (QED) is 0.162. The molecule has 1 saturated heterocycles. The van der Waals surface area contributed by atoms with Crippen LogP contribution in [0.25, 0.3) is 0 Å². The monoisotopic (exact) mass is 671 g/mol. The van der Waals surface area contributed by atoms with Gasteiger partial charge in [0.25, 0.3) is 15.9 Å². The highest BCUT2D eigenvalue weighted by atomic mass is 32.2. The number of sulfonamides is 1. The van der Waals surface area contributed by atoms with Crippen LogP contribution < -0.4 is 19.1 Å². The molecule has 1 amide bonds. The highest BCUT2D eigenvalue weighted by Gasteiger charge is 2.26. The van der Waals surface area contributed by atoms with Gasteiger partial charge in [0.2, 0.25) is 6.79 Å². The molecule has 246 valence electrons. The topological polar surface area (TPSA) is 88.2 Å². The van der Waals surface area contributed by atoms with Gasteiger partial charge >= 0.3 is 0 Å². The molecule has 0 aromatic heterocycles. The maximum absolute atomic E-state index is 13.2. The van der Waals surface area contributed by atoms with Crippen LogP contribution in [0, 0.1) is 5.41 Å². The molecule has 2 aliphatic heterocycles. The van der Waals surface area contributed by atoms with Crippen LogP contribution in [0.15, 0.2) is 107 Å². The third-order valence-corrected chi connectivity index (χ3v) is 11.1. The zero-order chi connectivity index (χ0) is 32.9. The number of carbonyl (C=O) groups is 1. The minimum Gasteiger partial charge on any atom is -0.454 e. The highest BCUT2D eigenvalue weighted by molar-refractivity contribution is 7.99. The number of piperidine rings is 1. The number of rotatable bonds is 12. The summed E-state index contributed by atoms with van der Waals surface area (Å²) in [5, 5.41) is 0. The zero-order valence-corrected chi connectivity index (χ0v) is 28.5. The van der Waals surface area contributed by atoms with Crippen LogP contribution in [0.1, 0.15) is 48.2 Å². The van der Waals surface area contributed by atoms with Crippen LogP contribution in [0.2, 0.25) is 0 Å². The first-order chi connectivity index (χ1) is 22.6. The minimum absolute atomic E-state index is 0.0455. The van der Waals surface area contributed by atoms with Gasteiger partial charge in [-0.2, -0.15) is 0 Å². The fourth-order valence-corrected chi connectivity index (χ4v) is 7.70. The van der Waals surface area contributed by atoms with Crippen LogP contribution in [0.5, 0.6) is 11.5 Å². The maximum atomic E-state index is 13.2. The van der Waals surface area contributed by atoms with E-state index in [0.29, 0.717) is 24.1 Å². The Hall–Kier alpha value is -3.99. The molecule has 0 aliphatic carbocycles. The number of nitrogens with zero attached hydrogens (tertiary/aromatic N) is 2. The van der Waals surface area contributed by atoms with Gasteiger partial charge in [-0.3, -0.25) is 9.69 Å². The van der Waals surface area contributed by atoms with Crippen molar-refractivity contribution in [1.29, 1.82) is 0 Å². The fraction of sp³-hybridized carbons (Fsp3) is 0.324. The molecule has 8 nitrogen and oxygen atoms in total. The average Bonchev–Trinajstić information content (AvgIpc) is 3.53. The van der Waals surface area contributed by atoms with E-state index in [2.05, 4.69) is 40.5 Å². The van der Waals surface area contributed by atoms with E-state index in [0.717, 1.165) is 66.5 Å². The molecular weight excluding hydrogens is 631 g/mol. The van der Waals surface area contributed by atoms with E-state index < -0.39 is 15.9 Å². The van der Waals surface area contributed by atoms with E-state index in [9.17, 15) is 13.2 Å². The number of thioether (sulfide) groups is 1. The Bertz CT molecular complexity index is 1770. The lowest BCUT2D eigenvalue weighted by Gasteiger charge is -2.38. The van der Waals surface area contributed by atoms with Crippen LogP contribution in [-0.4, -0.2) is 51.4 Å². The van der Waals surface area contributed by atoms with Gasteiger partial charge in [-0.25, -0.2) is 13.1 Å². The summed E-state index contributed by atoms with van der Waals surface area (Å²) >= 11 is 1.80. The standard InChI is InChI=1S/C37H41N3O5S2/c1-37(2)18-20-40(21-19-37)31-13-11-30(12-14-31)36(41)38-47(42,43)33-15-8-28(9-16-33)25-39(22-23-46-32-6-4-3-5-7-32)26-29-10-17-34-35(24-29)45-27-44-34/h3-17,24H,18-23,25-27H2,1-2H3,(H,38,41). The Morgan fingerprint density at radius 2 is 1.51 bits per heavy atom. The van der Waals surface area contributed by atoms with Crippen molar-refractivity contribution in [3.8, 4) is 11.5 Å². The van der Waals surface area contributed by atoms with Crippen LogP contribution in [0.3, 0.4) is 0 Å². The van der Waals surface area contributed by atoms with Gasteiger partial charge in [0, 0.05) is 54.6 Å². The van der Waals surface area contributed by atoms with E-state index in [1.807, 2.05) is 60.7 Å². The predicted octanol–water partition coefficient (Wildman–Crippen LogP) is 6.95. The van der Waals surface area contributed by atoms with Crippen molar-refractivity contribution in [3.05, 3.63) is 114 Å². The van der Waals surface area contributed by atoms with Crippen LogP contribution in [-0.2, 0) is 23.1 Å². The number of hydrogen-bond donors (Lipinski definition) is 1. The summed E-state index contributed by atoms with van der Waals surface area (Å²) in [4.78, 5) is 18.8. The summed E-state index contributed by atoms with van der Waals surface area (Å²) in [6, 6.07) is 30.2. The molecule has 0 bridgehead atoms. The largest absolute Gasteiger partial charge is 0.454 e. The predicted molar refractivity (Wildman–Crippen MR) is 187 cm³/mol. The molecule has 4 aromatic rings. The lowest BCUT2D eigenvalue weighted by Crippen LogP contribution is -2.37. The van der Waals surface area contributed by atoms with Crippen molar-refractivity contribution >= 4 is 33.4 Å². The van der Waals surface area contributed by atoms with Gasteiger partial charge in [-0.05, 0) is 90.0 Å². The zero-order valence-electron chi connectivity index (χ0n) is 26.9. The molecule has 0 atom stereocenters. The number of hydrogen-bond acceptors (Lipinski definition) is 8. The molecule has 6 rings (SSSR count). The molecule has 0 unspecified atom stereocenters. The van der Waals surface area contributed by atoms with Gasteiger partial charge in [-0.15, -0.1) is 11.8 Å². The third-order valence-electron chi connectivity index (χ3n) is 8.74. The Morgan fingerprint density at radius 1 is 0.851 bits per heavy atom. The number of anilines is 1. The van der Waals surface area contributed by atoms with E-state index in [4.69, 9.17) is 9.47 Å². The first-order valence-electron chi connectivity index (χ1n) is 15.9. The van der Waals surface area contributed by atoms with Crippen molar-refractivity contribution in [3.63, 3.8) is 0 Å². The highest BCUT2D eigenvalue weighted by Crippen LogP contribution is 2.34. The summed E-state index contributed by atoms with van der Waals surface area (Å²) in [5.41, 5.74) is 3.77. The third kappa shape index (κ3) is 8.68. The molecule has 0 radical (unpaired) electrons. The molecule has 4 aromatic carbocycles. The number of ether oxygens (including phenoxy) is 2. The van der Waals surface area contributed by atoms with Gasteiger partial charge < -0.3 is 14.4 Å². The van der Waals surface area contributed by atoms with Crippen molar-refractivity contribution < 1.29 is 22.7 Å². The Kier molecular flexibility index (Phi) is 10.1. The van der Waals surface area contributed by atoms with Gasteiger partial charge in [0.15, 0.2) is 11.5 Å². The summed E-state index contributed by atoms with van der Waals surface area (Å²) in [5.74, 6) is 1.75. The lowest BCUT2D eigenvalue weighted by molar-refractivity contribution is 0.0981. The average molecular weight is 672 g/mol. The Balaban J connectivity index is 1.08. The number of benzene rings is 4. The van der Waals surface area contributed by atoms with E-state index in [1.54, 1.807) is 36.0 Å². The van der Waals surface area contributed by atoms with Crippen molar-refractivity contribution in [2.24, 2.45) is 5.41 Å². The molecule has 0 spiro atoms. The number of amides is 1. The molecular formula is C37H41N3O5S2. The SMILES string of the molecule is CC1(C)CCN(c2ccc(C(=O)NS(=O)(=O)c3ccc(CN(CCSc4ccccc4)Cc4ccc5c(c4)OCO5)cc3)cc2)CC1. The first-order valence-corrected chi connectivity index (χ1v) is 18.4. The second kappa shape index (κ2) is 14.4. The molecule has 1 fully saturated rings. The van der Waals surface area contributed by atoms with Crippen molar-refractivity contribution in [2.75, 3.05) is 37.1 Å². The van der Waals surface area contributed by atoms with Gasteiger partial charge in [0.05, 0.1) is 4.90 Å². The fourth-order valence-electron chi connectivity index (χ4n) is 5.79. The van der Waals surface area contributed by atoms with Crippen LogP contribution >= 0.6 is 11.8 Å². The second-order valence-corrected chi connectivity index (χ2v) is 15.7. The summed E-state index contributed by atoms with van der Waals surface area (Å²) in [6.45, 7) is 8.87. The maximum Gasteiger partial charge on any atom is 0.264 e. The second-order valence-electron chi connectivity index (χ2n) is 12.8. The smallest absolute Gasteiger partial charge is 0.264 e. The molecule has 2 heterocycles. The van der Waals surface area contributed by atoms with E-state index >= 15 is 0 Å². The van der Waals surface area contributed by atoms with Crippen molar-refractivity contribution in [2.45, 2.75) is 49.6 Å². The molecule has 2 aliphatic rings. The molecule has 0 saturated carbocycles. The molecule has 1 N–H and O–H groups in total. The summed E-state index contributed by atoms with van der Waals surface area (Å²) in [6.07, 6.45) is 2.22. The number of fused-ring (bicyclic) bond motifs is 1. The number of nitrogens with one attached hydrogen (secondary N) is 1. The van der Waals surface area contributed by atoms with Crippen molar-refractivity contribution in [1.82, 2.24) is 9.62 Å². The lowest BCUT2D eigenvalue weighted by atomic mass is 9.82. The van der Waals surface area contributed by atoms with Gasteiger partial charge in [-0.1, -0.05) is 50.2 Å². The number of carbonyl (C=O) groups excluding carboxylic acids is 1. The molecule has 10 heteroatoms. The normalized spacial score (nSPS) is 15.5. The first kappa shape index (κ1) is 32.9. The Morgan fingerprint density at radius 3 is 2.23 bits per heavy atom. The minimum atomic E-state index is -4.05. The summed E-state index contributed by atoms with van der Waals surface area (Å²) < 4.78 is 39.6. The van der Waals surface area contributed by atoms with E-state index in [1.165, 1.54) is 4.90 Å². The summed E-state index contributed by atoms with van der Waals surface area (Å²) in [7, 11) is -4.05. The Labute approximate surface area is 282 Å². The molecule has 47 heavy (non-hydrogen) atoms. The van der Waals surface area contributed by atoms with Gasteiger partial charge in [0.1, 0.15) is 0 Å². The van der Waals surface area contributed by atoms with Crippen LogP contribution in [0.4, 0.5) is 5.69 Å².